The molecule has 1 aromatic carbocycles. The van der Waals surface area contributed by atoms with Crippen molar-refractivity contribution >= 4 is 11.4 Å². The first kappa shape index (κ1) is 10.2. The lowest BCUT2D eigenvalue weighted by Crippen LogP contribution is -2.05. The second-order valence-corrected chi connectivity index (χ2v) is 3.31. The highest BCUT2D eigenvalue weighted by molar-refractivity contribution is 5.62. The molecule has 0 unspecified atom stereocenters. The molecule has 0 spiro atoms. The molecular weight excluding hydrogens is 208 g/mol. The molecule has 0 saturated carbocycles. The van der Waals surface area contributed by atoms with Gasteiger partial charge in [0.05, 0.1) is 11.5 Å². The summed E-state index contributed by atoms with van der Waals surface area (Å²) in [5, 5.41) is 14.7. The van der Waals surface area contributed by atoms with Crippen LogP contribution >= 0.6 is 0 Å². The normalized spacial score (nSPS) is 10.2. The molecule has 6 nitrogen and oxygen atoms in total. The maximum Gasteiger partial charge on any atom is 0.292 e. The number of nitro groups is 1. The smallest absolute Gasteiger partial charge is 0.292 e. The predicted molar refractivity (Wildman–Crippen MR) is 58.8 cm³/mol. The molecule has 0 aliphatic rings. The fraction of sp³-hybridized carbons (Fsp3) is 0.100. The third-order valence-corrected chi connectivity index (χ3v) is 2.26. The van der Waals surface area contributed by atoms with Crippen molar-refractivity contribution in [3.8, 4) is 0 Å². The van der Waals surface area contributed by atoms with E-state index in [1.165, 1.54) is 6.07 Å². The van der Waals surface area contributed by atoms with E-state index >= 15 is 0 Å². The van der Waals surface area contributed by atoms with Gasteiger partial charge in [-0.3, -0.25) is 14.8 Å². The zero-order valence-corrected chi connectivity index (χ0v) is 8.41. The Balaban J connectivity index is 2.35. The summed E-state index contributed by atoms with van der Waals surface area (Å²) in [7, 11) is 0. The first-order chi connectivity index (χ1) is 7.68. The van der Waals surface area contributed by atoms with Gasteiger partial charge in [0, 0.05) is 24.0 Å². The van der Waals surface area contributed by atoms with Crippen molar-refractivity contribution < 1.29 is 4.92 Å². The van der Waals surface area contributed by atoms with Gasteiger partial charge in [0.25, 0.3) is 5.69 Å². The lowest BCUT2D eigenvalue weighted by Gasteiger charge is -2.05. The molecule has 0 saturated heterocycles. The summed E-state index contributed by atoms with van der Waals surface area (Å²) in [6, 6.07) is 6.55. The van der Waals surface area contributed by atoms with Gasteiger partial charge in [-0.05, 0) is 6.07 Å². The highest BCUT2D eigenvalue weighted by atomic mass is 16.6. The van der Waals surface area contributed by atoms with Gasteiger partial charge < -0.3 is 5.73 Å². The number of aromatic nitrogens is 2. The summed E-state index contributed by atoms with van der Waals surface area (Å²) in [5.41, 5.74) is 6.54. The van der Waals surface area contributed by atoms with Gasteiger partial charge in [0.1, 0.15) is 5.69 Å². The molecule has 0 amide bonds. The largest absolute Gasteiger partial charge is 0.393 e. The number of hydrogen-bond acceptors (Lipinski definition) is 4. The van der Waals surface area contributed by atoms with Crippen LogP contribution in [0.1, 0.15) is 5.56 Å². The van der Waals surface area contributed by atoms with Crippen molar-refractivity contribution in [1.82, 2.24) is 9.78 Å². The zero-order chi connectivity index (χ0) is 11.5. The molecule has 2 rings (SSSR count). The molecule has 0 aliphatic carbocycles. The van der Waals surface area contributed by atoms with Crippen LogP contribution in [0.3, 0.4) is 0 Å². The minimum Gasteiger partial charge on any atom is -0.393 e. The second kappa shape index (κ2) is 4.01. The van der Waals surface area contributed by atoms with Gasteiger partial charge in [0.2, 0.25) is 0 Å². The van der Waals surface area contributed by atoms with Gasteiger partial charge in [0.15, 0.2) is 0 Å². The van der Waals surface area contributed by atoms with Crippen LogP contribution in [-0.2, 0) is 6.54 Å². The van der Waals surface area contributed by atoms with Crippen LogP contribution in [0, 0.1) is 10.1 Å². The molecule has 0 fully saturated rings. The molecule has 6 heteroatoms. The second-order valence-electron chi connectivity index (χ2n) is 3.31. The number of nitrogens with zero attached hydrogens (tertiary/aromatic N) is 3. The molecule has 2 aromatic rings. The summed E-state index contributed by atoms with van der Waals surface area (Å²) in [6.45, 7) is 0.431. The molecule has 0 atom stereocenters. The Morgan fingerprint density at radius 2 is 2.25 bits per heavy atom. The standard InChI is InChI=1S/C10H10N4O2/c11-10-8(7-13-6-2-5-12-13)3-1-4-9(10)14(15)16/h1-6H,7,11H2. The summed E-state index contributed by atoms with van der Waals surface area (Å²) >= 11 is 0. The van der Waals surface area contributed by atoms with Crippen LogP contribution in [0.25, 0.3) is 0 Å². The molecule has 2 N–H and O–H groups in total. The van der Waals surface area contributed by atoms with Gasteiger partial charge in [-0.2, -0.15) is 5.10 Å². The van der Waals surface area contributed by atoms with Crippen molar-refractivity contribution in [2.75, 3.05) is 5.73 Å². The molecule has 1 heterocycles. The molecule has 0 radical (unpaired) electrons. The van der Waals surface area contributed by atoms with E-state index < -0.39 is 4.92 Å². The van der Waals surface area contributed by atoms with E-state index in [1.807, 2.05) is 0 Å². The number of rotatable bonds is 3. The van der Waals surface area contributed by atoms with Crippen LogP contribution in [0.15, 0.2) is 36.7 Å². The molecule has 0 bridgehead atoms. The van der Waals surface area contributed by atoms with E-state index in [4.69, 9.17) is 5.73 Å². The minimum atomic E-state index is -0.484. The average Bonchev–Trinajstić information content (AvgIpc) is 2.73. The molecule has 0 aliphatic heterocycles. The number of benzene rings is 1. The highest BCUT2D eigenvalue weighted by Crippen LogP contribution is 2.25. The number of nitro benzene ring substituents is 1. The number of anilines is 1. The van der Waals surface area contributed by atoms with Crippen LogP contribution < -0.4 is 5.73 Å². The minimum absolute atomic E-state index is 0.0651. The van der Waals surface area contributed by atoms with Gasteiger partial charge in [-0.15, -0.1) is 0 Å². The first-order valence-corrected chi connectivity index (χ1v) is 4.67. The molecular formula is C10H10N4O2. The van der Waals surface area contributed by atoms with Crippen molar-refractivity contribution in [3.05, 3.63) is 52.3 Å². The summed E-state index contributed by atoms with van der Waals surface area (Å²) < 4.78 is 1.66. The Labute approximate surface area is 91.5 Å². The van der Waals surface area contributed by atoms with Gasteiger partial charge >= 0.3 is 0 Å². The van der Waals surface area contributed by atoms with Crippen molar-refractivity contribution in [2.45, 2.75) is 6.54 Å². The van der Waals surface area contributed by atoms with Crippen LogP contribution in [0.5, 0.6) is 0 Å². The predicted octanol–water partition coefficient (Wildman–Crippen LogP) is 1.42. The number of nitrogen functional groups attached to an aromatic ring is 1. The molecule has 16 heavy (non-hydrogen) atoms. The number of nitrogens with two attached hydrogens (primary N) is 1. The Morgan fingerprint density at radius 3 is 2.88 bits per heavy atom. The number of para-hydroxylation sites is 1. The van der Waals surface area contributed by atoms with Crippen LogP contribution in [0.4, 0.5) is 11.4 Å². The third-order valence-electron chi connectivity index (χ3n) is 2.26. The van der Waals surface area contributed by atoms with Crippen molar-refractivity contribution in [3.63, 3.8) is 0 Å². The first-order valence-electron chi connectivity index (χ1n) is 4.67. The summed E-state index contributed by atoms with van der Waals surface area (Å²) in [5.74, 6) is 0. The SMILES string of the molecule is Nc1c(Cn2cccn2)cccc1[N+](=O)[O-]. The maximum atomic E-state index is 10.7. The third kappa shape index (κ3) is 1.85. The lowest BCUT2D eigenvalue weighted by molar-refractivity contribution is -0.383. The molecule has 82 valence electrons. The van der Waals surface area contributed by atoms with E-state index in [1.54, 1.807) is 35.3 Å². The summed E-state index contributed by atoms with van der Waals surface area (Å²) in [4.78, 5) is 10.2. The summed E-state index contributed by atoms with van der Waals surface area (Å²) in [6.07, 6.45) is 3.42. The topological polar surface area (TPSA) is 87.0 Å². The van der Waals surface area contributed by atoms with E-state index in [9.17, 15) is 10.1 Å². The van der Waals surface area contributed by atoms with E-state index in [2.05, 4.69) is 5.10 Å². The Kier molecular flexibility index (Phi) is 2.55. The van der Waals surface area contributed by atoms with Crippen LogP contribution in [0.2, 0.25) is 0 Å². The van der Waals surface area contributed by atoms with E-state index in [0.29, 0.717) is 12.1 Å². The van der Waals surface area contributed by atoms with Crippen molar-refractivity contribution in [2.24, 2.45) is 0 Å². The Morgan fingerprint density at radius 1 is 1.44 bits per heavy atom. The van der Waals surface area contributed by atoms with Crippen molar-refractivity contribution in [1.29, 1.82) is 0 Å². The lowest BCUT2D eigenvalue weighted by atomic mass is 10.1. The quantitative estimate of drug-likeness (QED) is 0.479. The maximum absolute atomic E-state index is 10.7. The Bertz CT molecular complexity index is 508. The fourth-order valence-electron chi connectivity index (χ4n) is 1.47. The van der Waals surface area contributed by atoms with Crippen LogP contribution in [-0.4, -0.2) is 14.7 Å². The highest BCUT2D eigenvalue weighted by Gasteiger charge is 2.14. The fourth-order valence-corrected chi connectivity index (χ4v) is 1.47. The Hall–Kier alpha value is -2.37. The van der Waals surface area contributed by atoms with Gasteiger partial charge in [-0.25, -0.2) is 0 Å². The van der Waals surface area contributed by atoms with E-state index in [-0.39, 0.29) is 11.4 Å². The average molecular weight is 218 g/mol. The monoisotopic (exact) mass is 218 g/mol. The van der Waals surface area contributed by atoms with E-state index in [0.717, 1.165) is 0 Å². The number of hydrogen-bond donors (Lipinski definition) is 1. The van der Waals surface area contributed by atoms with Gasteiger partial charge in [-0.1, -0.05) is 12.1 Å². The zero-order valence-electron chi connectivity index (χ0n) is 8.41. The molecule has 1 aromatic heterocycles.